The molecule has 0 atom stereocenters. The van der Waals surface area contributed by atoms with Gasteiger partial charge in [-0.25, -0.2) is 14.4 Å². The summed E-state index contributed by atoms with van der Waals surface area (Å²) in [5.74, 6) is 1.33. The second kappa shape index (κ2) is 16.7. The molecule has 0 saturated carbocycles. The molecule has 0 unspecified atom stereocenters. The van der Waals surface area contributed by atoms with Crippen molar-refractivity contribution in [1.82, 2.24) is 0 Å². The van der Waals surface area contributed by atoms with Crippen LogP contribution in [0.4, 0.5) is 14.4 Å². The van der Waals surface area contributed by atoms with E-state index in [-0.39, 0.29) is 0 Å². The first-order valence-corrected chi connectivity index (χ1v) is 19.0. The monoisotopic (exact) mass is 737 g/mol. The fourth-order valence-corrected chi connectivity index (χ4v) is 7.77. The fraction of sp³-hybridized carbons (Fsp3) is 0.500. The Labute approximate surface area is 313 Å². The molecule has 3 rings (SSSR count). The molecule has 9 nitrogen and oxygen atoms in total. The van der Waals surface area contributed by atoms with E-state index in [2.05, 4.69) is 0 Å². The third-order valence-corrected chi connectivity index (χ3v) is 11.3. The van der Waals surface area contributed by atoms with E-state index in [4.69, 9.17) is 28.4 Å². The largest absolute Gasteiger partial charge is 0.514 e. The Hall–Kier alpha value is -4.18. The highest BCUT2D eigenvalue weighted by Gasteiger charge is 2.34. The lowest BCUT2D eigenvalue weighted by Crippen LogP contribution is -2.29. The molecule has 0 heterocycles. The van der Waals surface area contributed by atoms with Gasteiger partial charge < -0.3 is 28.4 Å². The molecule has 284 valence electrons. The molecule has 0 aromatic heterocycles. The molecule has 0 radical (unpaired) electrons. The molecule has 0 amide bonds. The van der Waals surface area contributed by atoms with Crippen LogP contribution in [0.15, 0.2) is 51.1 Å². The van der Waals surface area contributed by atoms with Gasteiger partial charge in [-0.05, 0) is 136 Å². The Kier molecular flexibility index (Phi) is 13.5. The van der Waals surface area contributed by atoms with E-state index < -0.39 is 46.2 Å². The van der Waals surface area contributed by atoms with Gasteiger partial charge in [-0.3, -0.25) is 0 Å². The molecule has 0 fully saturated rings. The van der Waals surface area contributed by atoms with Gasteiger partial charge >= 0.3 is 18.5 Å². The average Bonchev–Trinajstić information content (AvgIpc) is 3.02. The second-order valence-corrected chi connectivity index (χ2v) is 17.2. The number of aryl methyl sites for hydroxylation is 6. The van der Waals surface area contributed by atoms with Gasteiger partial charge in [-0.2, -0.15) is 0 Å². The van der Waals surface area contributed by atoms with Gasteiger partial charge in [0.05, 0.1) is 10.9 Å². The van der Waals surface area contributed by atoms with Gasteiger partial charge in [0.25, 0.3) is 0 Å². The minimum Gasteiger partial charge on any atom is -0.428 e. The summed E-state index contributed by atoms with van der Waals surface area (Å²) in [6, 6.07) is 12.1. The van der Waals surface area contributed by atoms with Crippen LogP contribution in [-0.4, -0.2) is 35.3 Å². The number of hydrogen-bond donors (Lipinski definition) is 0. The van der Waals surface area contributed by atoms with Gasteiger partial charge in [0.2, 0.25) is 0 Å². The molecule has 3 aromatic rings. The van der Waals surface area contributed by atoms with Crippen molar-refractivity contribution < 1.29 is 42.8 Å². The molecule has 0 aliphatic carbocycles. The van der Waals surface area contributed by atoms with Crippen molar-refractivity contribution in [3.8, 4) is 17.2 Å². The van der Waals surface area contributed by atoms with Crippen molar-refractivity contribution >= 4 is 29.4 Å². The molecular formula is C42H57O9S+. The number of ether oxygens (including phenoxy) is 6. The number of benzene rings is 3. The summed E-state index contributed by atoms with van der Waals surface area (Å²) in [5.41, 5.74) is 2.63. The molecular weight excluding hydrogens is 681 g/mol. The molecule has 0 N–H and O–H groups in total. The summed E-state index contributed by atoms with van der Waals surface area (Å²) in [7, 11) is -0.706. The predicted molar refractivity (Wildman–Crippen MR) is 204 cm³/mol. The molecule has 3 aromatic carbocycles. The summed E-state index contributed by atoms with van der Waals surface area (Å²) in [4.78, 5) is 41.2. The normalized spacial score (nSPS) is 12.0. The van der Waals surface area contributed by atoms with Crippen molar-refractivity contribution in [3.63, 3.8) is 0 Å². The third-order valence-electron chi connectivity index (χ3n) is 9.20. The summed E-state index contributed by atoms with van der Waals surface area (Å²) < 4.78 is 33.9. The number of hydrogen-bond acceptors (Lipinski definition) is 9. The van der Waals surface area contributed by atoms with Crippen molar-refractivity contribution in [2.75, 3.05) is 0 Å². The minimum absolute atomic E-state index is 0.443. The lowest BCUT2D eigenvalue weighted by Gasteiger charge is -2.23. The van der Waals surface area contributed by atoms with Crippen LogP contribution in [0.1, 0.15) is 115 Å². The third kappa shape index (κ3) is 10.9. The van der Waals surface area contributed by atoms with Gasteiger partial charge in [-0.15, -0.1) is 0 Å². The summed E-state index contributed by atoms with van der Waals surface area (Å²) in [6.07, 6.45) is -0.338. The maximum absolute atomic E-state index is 12.8. The maximum Gasteiger partial charge on any atom is 0.514 e. The molecule has 0 spiro atoms. The summed E-state index contributed by atoms with van der Waals surface area (Å²) in [6.45, 7) is 28.3. The zero-order chi connectivity index (χ0) is 39.3. The van der Waals surface area contributed by atoms with E-state index >= 15 is 0 Å². The Morgan fingerprint density at radius 3 is 0.808 bits per heavy atom. The van der Waals surface area contributed by atoms with Crippen molar-refractivity contribution in [2.45, 2.75) is 155 Å². The number of rotatable bonds is 12. The smallest absolute Gasteiger partial charge is 0.428 e. The first-order valence-electron chi connectivity index (χ1n) is 17.8. The first-order chi connectivity index (χ1) is 24.0. The quantitative estimate of drug-likeness (QED) is 0.0777. The zero-order valence-corrected chi connectivity index (χ0v) is 34.5. The van der Waals surface area contributed by atoms with Crippen molar-refractivity contribution in [2.24, 2.45) is 0 Å². The van der Waals surface area contributed by atoms with Crippen LogP contribution in [0.25, 0.3) is 0 Å². The van der Waals surface area contributed by atoms with E-state index in [1.54, 1.807) is 0 Å². The molecule has 0 bridgehead atoms. The van der Waals surface area contributed by atoms with E-state index in [0.717, 1.165) is 48.1 Å². The highest BCUT2D eigenvalue weighted by molar-refractivity contribution is 7.97. The van der Waals surface area contributed by atoms with Crippen LogP contribution in [0.2, 0.25) is 0 Å². The molecule has 0 saturated heterocycles. The van der Waals surface area contributed by atoms with Crippen LogP contribution in [0.3, 0.4) is 0 Å². The molecule has 10 heteroatoms. The van der Waals surface area contributed by atoms with Crippen LogP contribution >= 0.6 is 0 Å². The van der Waals surface area contributed by atoms with Crippen LogP contribution in [0.5, 0.6) is 17.2 Å². The molecule has 0 aliphatic heterocycles. The lowest BCUT2D eigenvalue weighted by atomic mass is 10.1. The average molecular weight is 738 g/mol. The van der Waals surface area contributed by atoms with E-state index in [1.165, 1.54) is 0 Å². The molecule has 0 aliphatic rings. The topological polar surface area (TPSA) is 107 Å². The Morgan fingerprint density at radius 2 is 0.635 bits per heavy atom. The van der Waals surface area contributed by atoms with Gasteiger partial charge in [0, 0.05) is 36.4 Å². The minimum atomic E-state index is -0.754. The maximum atomic E-state index is 12.8. The lowest BCUT2D eigenvalue weighted by molar-refractivity contribution is 0.00566. The first kappa shape index (κ1) is 42.2. The summed E-state index contributed by atoms with van der Waals surface area (Å²) in [5, 5.41) is 0. The SMILES string of the molecule is CCC(C)(C)OC(=O)Oc1c(C)cc([S+](c2cc(C)c(OC(=O)OC(C)(C)CC)c(C)c2)c2cc(C)c(OC(=O)OC(C)(C)CC)c(C)c2)cc1C. The van der Waals surface area contributed by atoms with Gasteiger partial charge in [0.1, 0.15) is 34.1 Å². The number of carbonyl (C=O) groups is 3. The Bertz CT molecular complexity index is 1530. The highest BCUT2D eigenvalue weighted by atomic mass is 32.2. The van der Waals surface area contributed by atoms with Gasteiger partial charge in [-0.1, -0.05) is 20.8 Å². The van der Waals surface area contributed by atoms with Crippen molar-refractivity contribution in [3.05, 3.63) is 69.8 Å². The second-order valence-electron chi connectivity index (χ2n) is 15.2. The Balaban J connectivity index is 2.16. The number of carbonyl (C=O) groups excluding carboxylic acids is 3. The van der Waals surface area contributed by atoms with Crippen LogP contribution in [-0.2, 0) is 25.1 Å². The van der Waals surface area contributed by atoms with Crippen LogP contribution < -0.4 is 14.2 Å². The van der Waals surface area contributed by atoms with E-state index in [1.807, 2.05) is 140 Å². The Morgan fingerprint density at radius 1 is 0.442 bits per heavy atom. The highest BCUT2D eigenvalue weighted by Crippen LogP contribution is 2.41. The molecule has 52 heavy (non-hydrogen) atoms. The van der Waals surface area contributed by atoms with Crippen LogP contribution in [0, 0.1) is 41.5 Å². The van der Waals surface area contributed by atoms with E-state index in [0.29, 0.717) is 36.5 Å². The van der Waals surface area contributed by atoms with Crippen molar-refractivity contribution in [1.29, 1.82) is 0 Å². The zero-order valence-electron chi connectivity index (χ0n) is 33.7. The standard InChI is InChI=1S/C42H57O9S/c1-16-40(10,11)49-37(43)46-34-25(4)19-31(20-26(34)5)52(32-21-27(6)35(28(7)22-32)47-38(44)50-41(12,13)17-2)33-23-29(8)36(30(9)24-33)48-39(45)51-42(14,15)18-3/h19-24H,16-18H2,1-15H3/q+1. The van der Waals surface area contributed by atoms with Gasteiger partial charge in [0.15, 0.2) is 14.7 Å². The predicted octanol–water partition coefficient (Wildman–Crippen LogP) is 11.7. The fourth-order valence-electron chi connectivity index (χ4n) is 5.18. The summed E-state index contributed by atoms with van der Waals surface area (Å²) >= 11 is 0. The van der Waals surface area contributed by atoms with E-state index in [9.17, 15) is 14.4 Å².